The third-order valence-corrected chi connectivity index (χ3v) is 3.57. The molecule has 0 saturated heterocycles. The van der Waals surface area contributed by atoms with Gasteiger partial charge in [-0.2, -0.15) is 0 Å². The van der Waals surface area contributed by atoms with Crippen molar-refractivity contribution in [3.63, 3.8) is 0 Å². The lowest BCUT2D eigenvalue weighted by atomic mass is 9.95. The van der Waals surface area contributed by atoms with Crippen LogP contribution in [0.3, 0.4) is 0 Å². The van der Waals surface area contributed by atoms with Crippen LogP contribution in [0.25, 0.3) is 6.08 Å². The zero-order valence-corrected chi connectivity index (χ0v) is 16.4. The number of rotatable bonds is 6. The smallest absolute Gasteiger partial charge is 0.267 e. The first-order valence-electron chi connectivity index (χ1n) is 8.59. The summed E-state index contributed by atoms with van der Waals surface area (Å²) in [6, 6.07) is 7.80. The number of hydrogen-bond acceptors (Lipinski definition) is 3. The Balaban J connectivity index is 3.07. The Hall–Kier alpha value is -2.30. The van der Waals surface area contributed by atoms with Crippen molar-refractivity contribution < 1.29 is 9.59 Å². The van der Waals surface area contributed by atoms with E-state index in [2.05, 4.69) is 10.6 Å². The first kappa shape index (κ1) is 20.7. The van der Waals surface area contributed by atoms with E-state index in [9.17, 15) is 9.59 Å². The predicted octanol–water partition coefficient (Wildman–Crippen LogP) is 3.03. The van der Waals surface area contributed by atoms with E-state index in [1.54, 1.807) is 6.08 Å². The van der Waals surface area contributed by atoms with Gasteiger partial charge in [-0.1, -0.05) is 46.8 Å². The third-order valence-electron chi connectivity index (χ3n) is 3.57. The normalized spacial score (nSPS) is 12.1. The molecule has 5 heteroatoms. The number of amides is 2. The zero-order chi connectivity index (χ0) is 19.2. The van der Waals surface area contributed by atoms with E-state index >= 15 is 0 Å². The molecule has 0 spiro atoms. The molecule has 0 bridgehead atoms. The number of nitrogens with zero attached hydrogens (tertiary/aromatic N) is 1. The van der Waals surface area contributed by atoms with Crippen molar-refractivity contribution in [1.29, 1.82) is 0 Å². The van der Waals surface area contributed by atoms with Crippen LogP contribution in [0.4, 0.5) is 5.69 Å². The Morgan fingerprint density at radius 2 is 1.68 bits per heavy atom. The van der Waals surface area contributed by atoms with Crippen LogP contribution in [0.5, 0.6) is 0 Å². The Morgan fingerprint density at radius 3 is 2.12 bits per heavy atom. The average molecular weight is 345 g/mol. The van der Waals surface area contributed by atoms with Gasteiger partial charge >= 0.3 is 0 Å². The highest BCUT2D eigenvalue weighted by molar-refractivity contribution is 6.02. The first-order chi connectivity index (χ1) is 11.5. The molecule has 1 aromatic carbocycles. The molecule has 2 amide bonds. The summed E-state index contributed by atoms with van der Waals surface area (Å²) in [5.41, 5.74) is 1.61. The predicted molar refractivity (Wildman–Crippen MR) is 104 cm³/mol. The fraction of sp³-hybridized carbons (Fsp3) is 0.500. The van der Waals surface area contributed by atoms with Gasteiger partial charge in [0.2, 0.25) is 5.91 Å². The van der Waals surface area contributed by atoms with Gasteiger partial charge in [-0.05, 0) is 29.7 Å². The second-order valence-corrected chi connectivity index (χ2v) is 7.85. The van der Waals surface area contributed by atoms with Crippen molar-refractivity contribution >= 4 is 23.6 Å². The largest absolute Gasteiger partial charge is 0.378 e. The molecule has 0 aromatic heterocycles. The minimum atomic E-state index is -0.577. The molecule has 0 unspecified atom stereocenters. The Morgan fingerprint density at radius 1 is 1.12 bits per heavy atom. The molecule has 138 valence electrons. The highest BCUT2D eigenvalue weighted by atomic mass is 16.2. The van der Waals surface area contributed by atoms with Crippen LogP contribution in [0.15, 0.2) is 30.0 Å². The van der Waals surface area contributed by atoms with Gasteiger partial charge in [0.1, 0.15) is 5.70 Å². The lowest BCUT2D eigenvalue weighted by Gasteiger charge is -2.19. The van der Waals surface area contributed by atoms with Gasteiger partial charge in [-0.25, -0.2) is 0 Å². The number of carbonyl (C=O) groups is 2. The average Bonchev–Trinajstić information content (AvgIpc) is 2.51. The topological polar surface area (TPSA) is 61.4 Å². The minimum absolute atomic E-state index is 0.191. The van der Waals surface area contributed by atoms with E-state index in [0.717, 1.165) is 11.3 Å². The fourth-order valence-electron chi connectivity index (χ4n) is 1.90. The summed E-state index contributed by atoms with van der Waals surface area (Å²) in [7, 11) is 3.94. The van der Waals surface area contributed by atoms with E-state index in [0.29, 0.717) is 12.5 Å². The molecule has 1 rings (SSSR count). The molecule has 0 aliphatic carbocycles. The van der Waals surface area contributed by atoms with Crippen LogP contribution >= 0.6 is 0 Å². The van der Waals surface area contributed by atoms with Crippen LogP contribution < -0.4 is 15.5 Å². The summed E-state index contributed by atoms with van der Waals surface area (Å²) < 4.78 is 0. The molecule has 0 aliphatic rings. The van der Waals surface area contributed by atoms with Crippen molar-refractivity contribution in [2.24, 2.45) is 11.3 Å². The van der Waals surface area contributed by atoms with Crippen molar-refractivity contribution in [3.05, 3.63) is 35.5 Å². The monoisotopic (exact) mass is 345 g/mol. The highest BCUT2D eigenvalue weighted by Gasteiger charge is 2.24. The lowest BCUT2D eigenvalue weighted by molar-refractivity contribution is -0.129. The third kappa shape index (κ3) is 6.99. The van der Waals surface area contributed by atoms with Gasteiger partial charge < -0.3 is 15.5 Å². The Labute approximate surface area is 151 Å². The molecule has 0 heterocycles. The number of carbonyl (C=O) groups excluding carboxylic acids is 2. The van der Waals surface area contributed by atoms with E-state index < -0.39 is 5.41 Å². The molecule has 1 aromatic rings. The molecular weight excluding hydrogens is 314 g/mol. The number of anilines is 1. The maximum Gasteiger partial charge on any atom is 0.267 e. The summed E-state index contributed by atoms with van der Waals surface area (Å²) in [6.45, 7) is 10.1. The fourth-order valence-corrected chi connectivity index (χ4v) is 1.90. The van der Waals surface area contributed by atoms with Crippen LogP contribution in [0.1, 0.15) is 40.2 Å². The highest BCUT2D eigenvalue weighted by Crippen LogP contribution is 2.16. The number of nitrogens with one attached hydrogen (secondary N) is 2. The number of benzene rings is 1. The summed E-state index contributed by atoms with van der Waals surface area (Å²) in [5, 5.41) is 5.62. The van der Waals surface area contributed by atoms with Crippen molar-refractivity contribution in [2.45, 2.75) is 34.6 Å². The maximum atomic E-state index is 12.5. The van der Waals surface area contributed by atoms with Gasteiger partial charge in [0.05, 0.1) is 0 Å². The quantitative estimate of drug-likeness (QED) is 0.779. The molecule has 0 atom stereocenters. The van der Waals surface area contributed by atoms with Crippen molar-refractivity contribution in [2.75, 3.05) is 25.5 Å². The van der Waals surface area contributed by atoms with E-state index in [1.807, 2.05) is 77.9 Å². The lowest BCUT2D eigenvalue weighted by Crippen LogP contribution is -2.40. The van der Waals surface area contributed by atoms with Crippen LogP contribution in [-0.4, -0.2) is 32.5 Å². The SMILES string of the molecule is CC(C)CNC(=O)/C(=C\c1ccc(N(C)C)cc1)NC(=O)C(C)(C)C. The van der Waals surface area contributed by atoms with Crippen LogP contribution in [0.2, 0.25) is 0 Å². The van der Waals surface area contributed by atoms with Crippen molar-refractivity contribution in [3.8, 4) is 0 Å². The molecule has 25 heavy (non-hydrogen) atoms. The maximum absolute atomic E-state index is 12.5. The van der Waals surface area contributed by atoms with Gasteiger partial charge in [0, 0.05) is 31.7 Å². The standard InChI is InChI=1S/C20H31N3O2/c1-14(2)13-21-18(24)17(22-19(25)20(3,4)5)12-15-8-10-16(11-9-15)23(6)7/h8-12,14H,13H2,1-7H3,(H,21,24)(H,22,25)/b17-12+. The number of hydrogen-bond donors (Lipinski definition) is 2. The minimum Gasteiger partial charge on any atom is -0.378 e. The van der Waals surface area contributed by atoms with Gasteiger partial charge in [-0.3, -0.25) is 9.59 Å². The van der Waals surface area contributed by atoms with Crippen molar-refractivity contribution in [1.82, 2.24) is 10.6 Å². The molecule has 0 saturated carbocycles. The molecule has 0 radical (unpaired) electrons. The van der Waals surface area contributed by atoms with Gasteiger partial charge in [0.25, 0.3) is 5.91 Å². The van der Waals surface area contributed by atoms with E-state index in [-0.39, 0.29) is 17.5 Å². The van der Waals surface area contributed by atoms with E-state index in [4.69, 9.17) is 0 Å². The van der Waals surface area contributed by atoms with Gasteiger partial charge in [0.15, 0.2) is 0 Å². The summed E-state index contributed by atoms with van der Waals surface area (Å²) >= 11 is 0. The Bertz CT molecular complexity index is 623. The Kier molecular flexibility index (Phi) is 7.22. The van der Waals surface area contributed by atoms with Gasteiger partial charge in [-0.15, -0.1) is 0 Å². The second-order valence-electron chi connectivity index (χ2n) is 7.85. The van der Waals surface area contributed by atoms with E-state index in [1.165, 1.54) is 0 Å². The zero-order valence-electron chi connectivity index (χ0n) is 16.4. The summed E-state index contributed by atoms with van der Waals surface area (Å²) in [5.74, 6) is -0.130. The summed E-state index contributed by atoms with van der Waals surface area (Å²) in [4.78, 5) is 26.8. The molecule has 0 fully saturated rings. The molecule has 5 nitrogen and oxygen atoms in total. The molecule has 2 N–H and O–H groups in total. The molecular formula is C20H31N3O2. The van der Waals surface area contributed by atoms with Crippen LogP contribution in [-0.2, 0) is 9.59 Å². The molecule has 0 aliphatic heterocycles. The summed E-state index contributed by atoms with van der Waals surface area (Å²) in [6.07, 6.45) is 1.71. The second kappa shape index (κ2) is 8.70. The first-order valence-corrected chi connectivity index (χ1v) is 8.59. The van der Waals surface area contributed by atoms with Crippen LogP contribution in [0, 0.1) is 11.3 Å².